The quantitative estimate of drug-likeness (QED) is 0.530. The third-order valence-electron chi connectivity index (χ3n) is 3.26. The van der Waals surface area contributed by atoms with E-state index >= 15 is 0 Å². The molecular formula is C13H9N2O4VY-. The van der Waals surface area contributed by atoms with Gasteiger partial charge in [0.25, 0.3) is 0 Å². The van der Waals surface area contributed by atoms with Crippen LogP contribution >= 0.6 is 0 Å². The number of benzene rings is 1. The van der Waals surface area contributed by atoms with E-state index in [2.05, 4.69) is 11.4 Å². The van der Waals surface area contributed by atoms with Gasteiger partial charge in [0.1, 0.15) is 6.04 Å². The van der Waals surface area contributed by atoms with Gasteiger partial charge in [-0.3, -0.25) is 19.7 Å². The topological polar surface area (TPSA) is 83.6 Å². The van der Waals surface area contributed by atoms with Gasteiger partial charge in [-0.05, 0) is 12.0 Å². The molecule has 21 heavy (non-hydrogen) atoms. The third-order valence-corrected chi connectivity index (χ3v) is 3.26. The summed E-state index contributed by atoms with van der Waals surface area (Å²) in [5.74, 6) is -2.03. The number of amides is 4. The number of carbonyl (C=O) groups is 4. The second kappa shape index (κ2) is 6.97. The molecule has 0 saturated carbocycles. The van der Waals surface area contributed by atoms with Crippen LogP contribution in [0.1, 0.15) is 33.6 Å². The van der Waals surface area contributed by atoms with E-state index in [1.54, 1.807) is 6.07 Å². The Morgan fingerprint density at radius 1 is 1.19 bits per heavy atom. The Bertz CT molecular complexity index is 599. The van der Waals surface area contributed by atoms with E-state index in [1.807, 2.05) is 0 Å². The molecular weight excluding hydrogens is 388 g/mol. The van der Waals surface area contributed by atoms with Gasteiger partial charge in [0.15, 0.2) is 5.91 Å². The molecule has 6 nitrogen and oxygen atoms in total. The van der Waals surface area contributed by atoms with Crippen molar-refractivity contribution in [3.63, 3.8) is 0 Å². The normalized spacial score (nSPS) is 20.4. The number of hydrogen-bond acceptors (Lipinski definition) is 4. The Kier molecular flexibility index (Phi) is 6.05. The van der Waals surface area contributed by atoms with Crippen LogP contribution in [0, 0.1) is 6.07 Å². The Balaban J connectivity index is 0.00000110. The molecule has 1 atom stereocenters. The smallest absolute Gasteiger partial charge is 0.249 e. The maximum atomic E-state index is 12.2. The van der Waals surface area contributed by atoms with Crippen molar-refractivity contribution >= 4 is 23.6 Å². The van der Waals surface area contributed by atoms with Gasteiger partial charge in [-0.25, -0.2) is 0 Å². The minimum atomic E-state index is -0.918. The van der Waals surface area contributed by atoms with Crippen molar-refractivity contribution in [2.75, 3.05) is 0 Å². The van der Waals surface area contributed by atoms with E-state index in [0.717, 1.165) is 4.90 Å². The maximum absolute atomic E-state index is 12.2. The fraction of sp³-hybridized carbons (Fsp3) is 0.231. The molecule has 0 spiro atoms. The molecule has 0 aromatic heterocycles. The molecule has 1 aromatic rings. The molecule has 104 valence electrons. The molecule has 0 aliphatic carbocycles. The van der Waals surface area contributed by atoms with Crippen LogP contribution in [0.3, 0.4) is 0 Å². The van der Waals surface area contributed by atoms with Crippen LogP contribution < -0.4 is 5.32 Å². The number of nitrogens with one attached hydrogen (secondary N) is 1. The molecule has 2 aliphatic rings. The number of fused-ring (bicyclic) bond motifs is 1. The zero-order valence-corrected chi connectivity index (χ0v) is 15.1. The summed E-state index contributed by atoms with van der Waals surface area (Å²) in [5.41, 5.74) is 0.425. The average Bonchev–Trinajstić information content (AvgIpc) is 2.64. The fourth-order valence-electron chi connectivity index (χ4n) is 2.35. The van der Waals surface area contributed by atoms with Crippen molar-refractivity contribution < 1.29 is 70.4 Å². The number of hydrogen-bond donors (Lipinski definition) is 1. The fourth-order valence-corrected chi connectivity index (χ4v) is 2.35. The van der Waals surface area contributed by atoms with Crippen LogP contribution in [0.5, 0.6) is 0 Å². The van der Waals surface area contributed by atoms with E-state index in [-0.39, 0.29) is 81.1 Å². The van der Waals surface area contributed by atoms with Crippen LogP contribution in [0.4, 0.5) is 0 Å². The number of carbonyl (C=O) groups excluding carboxylic acids is 4. The van der Waals surface area contributed by atoms with Gasteiger partial charge in [-0.15, -0.1) is 24.3 Å². The monoisotopic (exact) mass is 397 g/mol. The standard InChI is InChI=1S/C13H9N2O4.V.Y/c16-10-6-5-9(11(17)14-10)15-12(18)7-3-1-2-4-8(7)13(15)19;;/h1-3,9H,5-6H2,(H,14,16,17);;/q-1;;. The second-order valence-electron chi connectivity index (χ2n) is 4.41. The molecule has 8 heteroatoms. The Hall–Kier alpha value is -0.812. The summed E-state index contributed by atoms with van der Waals surface area (Å²) in [6, 6.07) is 6.47. The summed E-state index contributed by atoms with van der Waals surface area (Å²) in [4.78, 5) is 48.1. The van der Waals surface area contributed by atoms with Crippen molar-refractivity contribution in [1.82, 2.24) is 10.2 Å². The summed E-state index contributed by atoms with van der Waals surface area (Å²) in [7, 11) is 0. The first kappa shape index (κ1) is 18.2. The predicted molar refractivity (Wildman–Crippen MR) is 61.9 cm³/mol. The Labute approximate surface area is 157 Å². The summed E-state index contributed by atoms with van der Waals surface area (Å²) in [5, 5.41) is 2.14. The van der Waals surface area contributed by atoms with Crippen molar-refractivity contribution in [1.29, 1.82) is 0 Å². The number of rotatable bonds is 1. The van der Waals surface area contributed by atoms with Crippen molar-refractivity contribution in [3.05, 3.63) is 35.4 Å². The maximum Gasteiger partial charge on any atom is 0.249 e. The molecule has 1 fully saturated rings. The van der Waals surface area contributed by atoms with E-state index in [0.29, 0.717) is 0 Å². The van der Waals surface area contributed by atoms with Crippen LogP contribution in [0.2, 0.25) is 0 Å². The molecule has 0 bridgehead atoms. The molecule has 1 N–H and O–H groups in total. The van der Waals surface area contributed by atoms with Gasteiger partial charge in [-0.1, -0.05) is 5.56 Å². The van der Waals surface area contributed by atoms with Gasteiger partial charge in [0.05, 0.1) is 0 Å². The SMILES string of the molecule is O=C1CCC(N2C(=O)c3[c-]cccc3C2=O)C(=O)N1.[V].[Y]. The Morgan fingerprint density at radius 2 is 1.90 bits per heavy atom. The molecule has 4 amide bonds. The number of piperidine rings is 1. The van der Waals surface area contributed by atoms with E-state index < -0.39 is 23.8 Å². The van der Waals surface area contributed by atoms with Crippen LogP contribution in [-0.2, 0) is 60.9 Å². The first-order valence-electron chi connectivity index (χ1n) is 5.82. The molecule has 1 aromatic carbocycles. The Morgan fingerprint density at radius 3 is 2.52 bits per heavy atom. The minimum Gasteiger partial charge on any atom is -0.327 e. The molecule has 1 saturated heterocycles. The number of imide groups is 2. The van der Waals surface area contributed by atoms with Gasteiger partial charge in [-0.2, -0.15) is 0 Å². The van der Waals surface area contributed by atoms with Crippen LogP contribution in [0.25, 0.3) is 0 Å². The van der Waals surface area contributed by atoms with Gasteiger partial charge < -0.3 is 9.69 Å². The second-order valence-corrected chi connectivity index (χ2v) is 4.41. The largest absolute Gasteiger partial charge is 0.327 e. The first-order valence-corrected chi connectivity index (χ1v) is 5.82. The number of nitrogens with zero attached hydrogens (tertiary/aromatic N) is 1. The van der Waals surface area contributed by atoms with Crippen LogP contribution in [-0.4, -0.2) is 34.6 Å². The van der Waals surface area contributed by atoms with Gasteiger partial charge in [0.2, 0.25) is 17.7 Å². The van der Waals surface area contributed by atoms with Crippen molar-refractivity contribution in [2.45, 2.75) is 18.9 Å². The van der Waals surface area contributed by atoms with E-state index in [9.17, 15) is 19.2 Å². The van der Waals surface area contributed by atoms with E-state index in [1.165, 1.54) is 12.1 Å². The van der Waals surface area contributed by atoms with Gasteiger partial charge >= 0.3 is 0 Å². The molecule has 2 radical (unpaired) electrons. The first-order chi connectivity index (χ1) is 9.09. The summed E-state index contributed by atoms with van der Waals surface area (Å²) in [6.45, 7) is 0. The van der Waals surface area contributed by atoms with Crippen LogP contribution in [0.15, 0.2) is 18.2 Å². The van der Waals surface area contributed by atoms with E-state index in [4.69, 9.17) is 0 Å². The average molecular weight is 397 g/mol. The summed E-state index contributed by atoms with van der Waals surface area (Å²) < 4.78 is 0. The zero-order valence-electron chi connectivity index (χ0n) is 10.8. The minimum absolute atomic E-state index is 0. The molecule has 1 unspecified atom stereocenters. The summed E-state index contributed by atoms with van der Waals surface area (Å²) in [6.07, 6.45) is 0.281. The zero-order chi connectivity index (χ0) is 13.6. The predicted octanol–water partition coefficient (Wildman–Crippen LogP) is -0.117. The van der Waals surface area contributed by atoms with Gasteiger partial charge in [0, 0.05) is 57.7 Å². The molecule has 2 heterocycles. The third kappa shape index (κ3) is 3.04. The summed E-state index contributed by atoms with van der Waals surface area (Å²) >= 11 is 0. The molecule has 2 aliphatic heterocycles. The van der Waals surface area contributed by atoms with Crippen molar-refractivity contribution in [3.8, 4) is 0 Å². The van der Waals surface area contributed by atoms with Crippen molar-refractivity contribution in [2.24, 2.45) is 0 Å². The molecule has 3 rings (SSSR count).